The molecule has 6 rings (SSSR count). The number of amides is 2. The average molecular weight is 519 g/mol. The van der Waals surface area contributed by atoms with E-state index in [1.54, 1.807) is 17.3 Å². The van der Waals surface area contributed by atoms with Gasteiger partial charge in [-0.3, -0.25) is 24.8 Å². The summed E-state index contributed by atoms with van der Waals surface area (Å²) in [5.74, 6) is 0.257. The van der Waals surface area contributed by atoms with Crippen LogP contribution >= 0.6 is 0 Å². The number of benzene rings is 1. The third-order valence-electron chi connectivity index (χ3n) is 6.95. The Morgan fingerprint density at radius 1 is 0.895 bits per heavy atom. The zero-order chi connectivity index (χ0) is 26.9. The summed E-state index contributed by atoms with van der Waals surface area (Å²) >= 11 is 0. The van der Waals surface area contributed by atoms with Crippen molar-refractivity contribution in [2.45, 2.75) is 39.5 Å². The summed E-state index contributed by atoms with van der Waals surface area (Å²) in [5, 5.41) is 18.0. The molecule has 202 valence electrons. The highest BCUT2D eigenvalue weighted by Gasteiger charge is 2.26. The topological polar surface area (TPSA) is 123 Å². The third-order valence-corrected chi connectivity index (χ3v) is 6.95. The van der Waals surface area contributed by atoms with E-state index in [4.69, 9.17) is 0 Å². The summed E-state index contributed by atoms with van der Waals surface area (Å²) in [5.41, 5.74) is 2.23. The standard InChI is InChI=1S/C14H17N5O2.C7H6N2.C7H15N/c1-9-3-2-4-19(8-9)14(21)13(20)17-11-7-15-5-10-6-16-18-12(10)11;1-2-4-7-6(3-1)5-8-9-7;1-7-4-3-5-8(2)6-7/h5-7,9H,2-4,8H2,1H3,(H,16,18)(H,17,20);1-5H,(H,8,9);7H,3-6H2,1-2H3. The van der Waals surface area contributed by atoms with Crippen LogP contribution in [0.5, 0.6) is 0 Å². The van der Waals surface area contributed by atoms with Crippen molar-refractivity contribution in [3.8, 4) is 0 Å². The highest BCUT2D eigenvalue weighted by molar-refractivity contribution is 6.40. The fourth-order valence-electron chi connectivity index (χ4n) is 4.96. The number of H-pyrrole nitrogens is 2. The van der Waals surface area contributed by atoms with Gasteiger partial charge in [0.05, 0.1) is 35.3 Å². The maximum Gasteiger partial charge on any atom is 0.314 e. The van der Waals surface area contributed by atoms with E-state index in [2.05, 4.69) is 56.5 Å². The number of nitrogens with zero attached hydrogens (tertiary/aromatic N) is 5. The number of para-hydroxylation sites is 1. The molecular formula is C28H38N8O2. The van der Waals surface area contributed by atoms with Gasteiger partial charge in [-0.25, -0.2) is 0 Å². The molecule has 0 spiro atoms. The van der Waals surface area contributed by atoms with E-state index in [0.717, 1.165) is 35.0 Å². The molecule has 0 saturated carbocycles. The molecule has 10 heteroatoms. The lowest BCUT2D eigenvalue weighted by atomic mass is 10.0. The number of anilines is 1. The van der Waals surface area contributed by atoms with Crippen molar-refractivity contribution in [2.24, 2.45) is 11.8 Å². The molecule has 2 aliphatic heterocycles. The van der Waals surface area contributed by atoms with E-state index in [1.165, 1.54) is 32.1 Å². The summed E-state index contributed by atoms with van der Waals surface area (Å²) in [6.07, 6.45) is 11.5. The van der Waals surface area contributed by atoms with Crippen LogP contribution in [-0.2, 0) is 9.59 Å². The molecule has 38 heavy (non-hydrogen) atoms. The molecule has 2 atom stereocenters. The maximum atomic E-state index is 12.2. The van der Waals surface area contributed by atoms with Crippen molar-refractivity contribution >= 4 is 39.3 Å². The van der Waals surface area contributed by atoms with Gasteiger partial charge in [-0.1, -0.05) is 32.0 Å². The largest absolute Gasteiger partial charge is 0.334 e. The summed E-state index contributed by atoms with van der Waals surface area (Å²) in [7, 11) is 2.20. The number of hydrogen-bond donors (Lipinski definition) is 3. The predicted octanol–water partition coefficient (Wildman–Crippen LogP) is 4.07. The Morgan fingerprint density at radius 2 is 1.61 bits per heavy atom. The smallest absolute Gasteiger partial charge is 0.314 e. The lowest BCUT2D eigenvalue weighted by molar-refractivity contribution is -0.144. The molecule has 3 N–H and O–H groups in total. The second-order valence-electron chi connectivity index (χ2n) is 10.4. The average Bonchev–Trinajstić information content (AvgIpc) is 3.59. The summed E-state index contributed by atoms with van der Waals surface area (Å²) in [6, 6.07) is 8.01. The van der Waals surface area contributed by atoms with Crippen LogP contribution in [0.4, 0.5) is 5.69 Å². The van der Waals surface area contributed by atoms with Gasteiger partial charge in [-0.15, -0.1) is 0 Å². The van der Waals surface area contributed by atoms with Gasteiger partial charge in [0.2, 0.25) is 0 Å². The number of aromatic nitrogens is 5. The zero-order valence-corrected chi connectivity index (χ0v) is 22.5. The van der Waals surface area contributed by atoms with Crippen molar-refractivity contribution in [3.63, 3.8) is 0 Å². The summed E-state index contributed by atoms with van der Waals surface area (Å²) in [4.78, 5) is 32.4. The molecule has 4 aromatic rings. The fourth-order valence-corrected chi connectivity index (χ4v) is 4.96. The quantitative estimate of drug-likeness (QED) is 0.327. The van der Waals surface area contributed by atoms with Crippen molar-refractivity contribution in [2.75, 3.05) is 38.5 Å². The highest BCUT2D eigenvalue weighted by atomic mass is 16.2. The van der Waals surface area contributed by atoms with Crippen LogP contribution < -0.4 is 5.32 Å². The third kappa shape index (κ3) is 7.38. The van der Waals surface area contributed by atoms with Gasteiger partial charge >= 0.3 is 11.8 Å². The van der Waals surface area contributed by atoms with Gasteiger partial charge < -0.3 is 15.1 Å². The van der Waals surface area contributed by atoms with Crippen LogP contribution in [0.1, 0.15) is 39.5 Å². The minimum atomic E-state index is -0.631. The lowest BCUT2D eigenvalue weighted by Gasteiger charge is -2.30. The monoisotopic (exact) mass is 518 g/mol. The van der Waals surface area contributed by atoms with E-state index in [1.807, 2.05) is 30.5 Å². The van der Waals surface area contributed by atoms with E-state index in [9.17, 15) is 9.59 Å². The Bertz CT molecular complexity index is 1290. The number of piperidine rings is 2. The number of carbonyl (C=O) groups excluding carboxylic acids is 2. The second kappa shape index (κ2) is 13.1. The van der Waals surface area contributed by atoms with Crippen LogP contribution in [0.3, 0.4) is 0 Å². The molecule has 10 nitrogen and oxygen atoms in total. The Morgan fingerprint density at radius 3 is 2.32 bits per heavy atom. The Hall–Kier alpha value is -3.79. The van der Waals surface area contributed by atoms with Gasteiger partial charge in [0, 0.05) is 36.6 Å². The van der Waals surface area contributed by atoms with Crippen LogP contribution in [-0.4, -0.2) is 80.2 Å². The number of pyridine rings is 1. The Balaban J connectivity index is 0.000000161. The van der Waals surface area contributed by atoms with E-state index in [0.29, 0.717) is 30.2 Å². The van der Waals surface area contributed by atoms with Crippen molar-refractivity contribution in [3.05, 3.63) is 49.1 Å². The zero-order valence-electron chi connectivity index (χ0n) is 22.5. The molecular weight excluding hydrogens is 480 g/mol. The molecule has 2 saturated heterocycles. The molecule has 2 fully saturated rings. The summed E-state index contributed by atoms with van der Waals surface area (Å²) < 4.78 is 0. The van der Waals surface area contributed by atoms with E-state index in [-0.39, 0.29) is 0 Å². The van der Waals surface area contributed by atoms with Crippen LogP contribution in [0.25, 0.3) is 21.8 Å². The minimum Gasteiger partial charge on any atom is -0.334 e. The number of aromatic amines is 2. The van der Waals surface area contributed by atoms with Crippen LogP contribution in [0.2, 0.25) is 0 Å². The van der Waals surface area contributed by atoms with Gasteiger partial charge in [0.25, 0.3) is 0 Å². The Labute approximate surface area is 223 Å². The highest BCUT2D eigenvalue weighted by Crippen LogP contribution is 2.20. The first-order valence-electron chi connectivity index (χ1n) is 13.3. The van der Waals surface area contributed by atoms with Crippen LogP contribution in [0.15, 0.2) is 49.1 Å². The molecule has 3 aromatic heterocycles. The summed E-state index contributed by atoms with van der Waals surface area (Å²) in [6.45, 7) is 8.31. The fraction of sp³-hybridized carbons (Fsp3) is 0.464. The minimum absolute atomic E-state index is 0.438. The number of likely N-dealkylation sites (tertiary alicyclic amines) is 2. The molecule has 5 heterocycles. The van der Waals surface area contributed by atoms with Crippen molar-refractivity contribution in [1.29, 1.82) is 0 Å². The molecule has 0 bridgehead atoms. The van der Waals surface area contributed by atoms with Crippen LogP contribution in [0, 0.1) is 11.8 Å². The first-order chi connectivity index (χ1) is 18.4. The lowest BCUT2D eigenvalue weighted by Crippen LogP contribution is -2.44. The first kappa shape index (κ1) is 27.3. The molecule has 0 radical (unpaired) electrons. The molecule has 2 aliphatic rings. The molecule has 2 amide bonds. The number of hydrogen-bond acceptors (Lipinski definition) is 6. The molecule has 0 aliphatic carbocycles. The predicted molar refractivity (Wildman–Crippen MR) is 149 cm³/mol. The molecule has 1 aromatic carbocycles. The molecule has 2 unspecified atom stereocenters. The number of nitrogens with one attached hydrogen (secondary N) is 3. The normalized spacial score (nSPS) is 19.7. The first-order valence-corrected chi connectivity index (χ1v) is 13.3. The number of rotatable bonds is 1. The van der Waals surface area contributed by atoms with Crippen molar-refractivity contribution in [1.82, 2.24) is 35.2 Å². The second-order valence-corrected chi connectivity index (χ2v) is 10.4. The Kier molecular flexibility index (Phi) is 9.42. The van der Waals surface area contributed by atoms with Gasteiger partial charge in [-0.05, 0) is 57.2 Å². The SMILES string of the molecule is CC1CCCN(C(=O)C(=O)Nc2cncc3cn[nH]c23)C1.CC1CCCN(C)C1.c1ccc2[nH]ncc2c1. The number of carbonyl (C=O) groups is 2. The van der Waals surface area contributed by atoms with Gasteiger partial charge in [0.15, 0.2) is 0 Å². The van der Waals surface area contributed by atoms with Gasteiger partial charge in [0.1, 0.15) is 0 Å². The number of fused-ring (bicyclic) bond motifs is 2. The maximum absolute atomic E-state index is 12.2. The van der Waals surface area contributed by atoms with E-state index >= 15 is 0 Å². The van der Waals surface area contributed by atoms with Crippen molar-refractivity contribution < 1.29 is 9.59 Å². The van der Waals surface area contributed by atoms with Gasteiger partial charge in [-0.2, -0.15) is 10.2 Å². The van der Waals surface area contributed by atoms with E-state index < -0.39 is 11.8 Å².